The fourth-order valence-corrected chi connectivity index (χ4v) is 4.53. The standard InChI is InChI=1S/C24H23Cl3N2O/c25-20-7-9-24(28-13-20)30-11-10-19-15-29(14-17-4-2-1-3-5-17)16-21(19)18-6-8-22(26)23(27)12-18/h1-9,12-13,19,21H,10-11,14-16H2/t19-,21-/m1/s1. The number of aromatic nitrogens is 1. The molecule has 0 bridgehead atoms. The van der Waals surface area contributed by atoms with Crippen molar-refractivity contribution in [1.82, 2.24) is 9.88 Å². The van der Waals surface area contributed by atoms with Gasteiger partial charge in [0.05, 0.1) is 21.7 Å². The zero-order valence-corrected chi connectivity index (χ0v) is 18.7. The average Bonchev–Trinajstić information content (AvgIpc) is 3.15. The molecule has 30 heavy (non-hydrogen) atoms. The smallest absolute Gasteiger partial charge is 0.213 e. The molecule has 0 unspecified atom stereocenters. The van der Waals surface area contributed by atoms with Crippen LogP contribution in [0.25, 0.3) is 0 Å². The Morgan fingerprint density at radius 2 is 1.77 bits per heavy atom. The predicted molar refractivity (Wildman–Crippen MR) is 124 cm³/mol. The summed E-state index contributed by atoms with van der Waals surface area (Å²) in [7, 11) is 0. The molecule has 2 heterocycles. The number of rotatable bonds is 7. The maximum absolute atomic E-state index is 6.31. The Bertz CT molecular complexity index is 966. The van der Waals surface area contributed by atoms with Crippen LogP contribution in [-0.4, -0.2) is 29.6 Å². The van der Waals surface area contributed by atoms with E-state index in [0.29, 0.717) is 39.4 Å². The van der Waals surface area contributed by atoms with Crippen LogP contribution in [0.3, 0.4) is 0 Å². The lowest BCUT2D eigenvalue weighted by Gasteiger charge is -2.19. The Morgan fingerprint density at radius 1 is 0.933 bits per heavy atom. The third kappa shape index (κ3) is 5.47. The second-order valence-electron chi connectivity index (χ2n) is 7.67. The minimum absolute atomic E-state index is 0.380. The molecular formula is C24H23Cl3N2O. The van der Waals surface area contributed by atoms with E-state index in [-0.39, 0.29) is 0 Å². The first-order chi connectivity index (χ1) is 14.6. The highest BCUT2D eigenvalue weighted by Gasteiger charge is 2.33. The van der Waals surface area contributed by atoms with Gasteiger partial charge in [-0.15, -0.1) is 0 Å². The monoisotopic (exact) mass is 460 g/mol. The molecule has 0 aliphatic carbocycles. The zero-order chi connectivity index (χ0) is 20.9. The van der Waals surface area contributed by atoms with Crippen molar-refractivity contribution in [3.05, 3.63) is 93.1 Å². The van der Waals surface area contributed by atoms with Crippen molar-refractivity contribution in [2.24, 2.45) is 5.92 Å². The summed E-state index contributed by atoms with van der Waals surface area (Å²) in [6, 6.07) is 20.2. The molecule has 1 aromatic heterocycles. The summed E-state index contributed by atoms with van der Waals surface area (Å²) in [6.07, 6.45) is 2.53. The highest BCUT2D eigenvalue weighted by Crippen LogP contribution is 2.37. The topological polar surface area (TPSA) is 25.4 Å². The third-order valence-corrected chi connectivity index (χ3v) is 6.54. The third-order valence-electron chi connectivity index (χ3n) is 5.58. The molecule has 0 amide bonds. The van der Waals surface area contributed by atoms with Crippen molar-refractivity contribution in [2.45, 2.75) is 18.9 Å². The summed E-state index contributed by atoms with van der Waals surface area (Å²) in [6.45, 7) is 3.54. The van der Waals surface area contributed by atoms with Gasteiger partial charge in [-0.3, -0.25) is 4.90 Å². The Morgan fingerprint density at radius 3 is 2.50 bits per heavy atom. The number of pyridine rings is 1. The van der Waals surface area contributed by atoms with E-state index < -0.39 is 0 Å². The van der Waals surface area contributed by atoms with Gasteiger partial charge < -0.3 is 4.74 Å². The van der Waals surface area contributed by atoms with Gasteiger partial charge in [-0.25, -0.2) is 4.98 Å². The minimum Gasteiger partial charge on any atom is -0.478 e. The van der Waals surface area contributed by atoms with E-state index in [9.17, 15) is 0 Å². The summed E-state index contributed by atoms with van der Waals surface area (Å²) in [5.41, 5.74) is 2.56. The number of hydrogen-bond donors (Lipinski definition) is 0. The first-order valence-corrected chi connectivity index (χ1v) is 11.2. The second kappa shape index (κ2) is 10.0. The second-order valence-corrected chi connectivity index (χ2v) is 8.92. The van der Waals surface area contributed by atoms with Crippen molar-refractivity contribution < 1.29 is 4.74 Å². The summed E-state index contributed by atoms with van der Waals surface area (Å²) in [5.74, 6) is 1.44. The number of benzene rings is 2. The van der Waals surface area contributed by atoms with Gasteiger partial charge in [0, 0.05) is 37.8 Å². The molecule has 1 aliphatic heterocycles. The summed E-state index contributed by atoms with van der Waals surface area (Å²) < 4.78 is 5.87. The van der Waals surface area contributed by atoms with Crippen molar-refractivity contribution in [1.29, 1.82) is 0 Å². The number of ether oxygens (including phenoxy) is 1. The minimum atomic E-state index is 0.380. The van der Waals surface area contributed by atoms with Crippen LogP contribution in [0.4, 0.5) is 0 Å². The molecule has 1 saturated heterocycles. The molecule has 2 aromatic carbocycles. The Balaban J connectivity index is 1.45. The highest BCUT2D eigenvalue weighted by molar-refractivity contribution is 6.42. The van der Waals surface area contributed by atoms with E-state index in [4.69, 9.17) is 39.5 Å². The Hall–Kier alpha value is -1.78. The normalized spacial score (nSPS) is 19.2. The fourth-order valence-electron chi connectivity index (χ4n) is 4.11. The number of nitrogens with zero attached hydrogens (tertiary/aromatic N) is 2. The summed E-state index contributed by atoms with van der Waals surface area (Å²) >= 11 is 18.4. The van der Waals surface area contributed by atoms with E-state index in [0.717, 1.165) is 26.1 Å². The number of likely N-dealkylation sites (tertiary alicyclic amines) is 1. The van der Waals surface area contributed by atoms with Crippen LogP contribution < -0.4 is 4.74 Å². The maximum Gasteiger partial charge on any atom is 0.213 e. The van der Waals surface area contributed by atoms with Crippen molar-refractivity contribution in [3.63, 3.8) is 0 Å². The molecular weight excluding hydrogens is 439 g/mol. The lowest BCUT2D eigenvalue weighted by Crippen LogP contribution is -2.20. The first-order valence-electron chi connectivity index (χ1n) is 10.0. The quantitative estimate of drug-likeness (QED) is 0.390. The Kier molecular flexibility index (Phi) is 7.16. The van der Waals surface area contributed by atoms with Crippen molar-refractivity contribution >= 4 is 34.8 Å². The molecule has 4 rings (SSSR count). The van der Waals surface area contributed by atoms with Crippen LogP contribution in [0, 0.1) is 5.92 Å². The van der Waals surface area contributed by atoms with E-state index in [1.54, 1.807) is 18.3 Å². The van der Waals surface area contributed by atoms with E-state index >= 15 is 0 Å². The molecule has 3 aromatic rings. The van der Waals surface area contributed by atoms with Crippen LogP contribution in [-0.2, 0) is 6.54 Å². The summed E-state index contributed by atoms with van der Waals surface area (Å²) in [4.78, 5) is 6.72. The molecule has 0 radical (unpaired) electrons. The lowest BCUT2D eigenvalue weighted by molar-refractivity contribution is 0.256. The molecule has 2 atom stereocenters. The van der Waals surface area contributed by atoms with Crippen LogP contribution >= 0.6 is 34.8 Å². The Labute approximate surface area is 192 Å². The average molecular weight is 462 g/mol. The molecule has 0 spiro atoms. The molecule has 0 saturated carbocycles. The van der Waals surface area contributed by atoms with E-state index in [1.807, 2.05) is 12.1 Å². The van der Waals surface area contributed by atoms with Gasteiger partial charge in [-0.2, -0.15) is 0 Å². The van der Waals surface area contributed by atoms with Gasteiger partial charge in [0.1, 0.15) is 0 Å². The zero-order valence-electron chi connectivity index (χ0n) is 16.5. The number of hydrogen-bond acceptors (Lipinski definition) is 3. The molecule has 0 N–H and O–H groups in total. The van der Waals surface area contributed by atoms with Crippen LogP contribution in [0.1, 0.15) is 23.5 Å². The molecule has 156 valence electrons. The SMILES string of the molecule is Clc1ccc(OCC[C@@H]2CN(Cc3ccccc3)C[C@@H]2c2ccc(Cl)c(Cl)c2)nc1. The van der Waals surface area contributed by atoms with Gasteiger partial charge in [0.25, 0.3) is 0 Å². The van der Waals surface area contributed by atoms with Crippen molar-refractivity contribution in [3.8, 4) is 5.88 Å². The fraction of sp³-hybridized carbons (Fsp3) is 0.292. The predicted octanol–water partition coefficient (Wildman–Crippen LogP) is 6.73. The largest absolute Gasteiger partial charge is 0.478 e. The van der Waals surface area contributed by atoms with Gasteiger partial charge in [0.15, 0.2) is 0 Å². The van der Waals surface area contributed by atoms with Crippen LogP contribution in [0.15, 0.2) is 66.9 Å². The van der Waals surface area contributed by atoms with Crippen LogP contribution in [0.2, 0.25) is 15.1 Å². The van der Waals surface area contributed by atoms with Gasteiger partial charge in [0.2, 0.25) is 5.88 Å². The van der Waals surface area contributed by atoms with E-state index in [2.05, 4.69) is 46.3 Å². The van der Waals surface area contributed by atoms with Gasteiger partial charge in [-0.05, 0) is 41.7 Å². The van der Waals surface area contributed by atoms with E-state index in [1.165, 1.54) is 11.1 Å². The first kappa shape index (κ1) is 21.5. The molecule has 1 aliphatic rings. The van der Waals surface area contributed by atoms with Crippen molar-refractivity contribution in [2.75, 3.05) is 19.7 Å². The number of halogens is 3. The molecule has 6 heteroatoms. The van der Waals surface area contributed by atoms with Gasteiger partial charge >= 0.3 is 0 Å². The lowest BCUT2D eigenvalue weighted by atomic mass is 9.87. The maximum atomic E-state index is 6.31. The van der Waals surface area contributed by atoms with Gasteiger partial charge in [-0.1, -0.05) is 71.2 Å². The molecule has 1 fully saturated rings. The van der Waals surface area contributed by atoms with Crippen LogP contribution in [0.5, 0.6) is 5.88 Å². The summed E-state index contributed by atoms with van der Waals surface area (Å²) in [5, 5.41) is 1.80. The highest BCUT2D eigenvalue weighted by atomic mass is 35.5. The molecule has 3 nitrogen and oxygen atoms in total.